The van der Waals surface area contributed by atoms with Crippen LogP contribution in [0.1, 0.15) is 44.0 Å². The number of aromatic nitrogens is 1. The molecule has 3 rings (SSSR count). The SMILES string of the molecule is CCOC(=O)c1cnc2ccccc2c1NC1CCN(C(=O)C(C)C)CC1. The number of anilines is 1. The first kappa shape index (κ1) is 19.1. The van der Waals surface area contributed by atoms with Gasteiger partial charge in [0, 0.05) is 36.6 Å². The summed E-state index contributed by atoms with van der Waals surface area (Å²) in [4.78, 5) is 30.9. The summed E-state index contributed by atoms with van der Waals surface area (Å²) in [5.74, 6) is -0.144. The first-order valence-electron chi connectivity index (χ1n) is 9.61. The van der Waals surface area contributed by atoms with Gasteiger partial charge in [-0.1, -0.05) is 32.0 Å². The zero-order chi connectivity index (χ0) is 19.4. The molecule has 1 aromatic heterocycles. The summed E-state index contributed by atoms with van der Waals surface area (Å²) in [5, 5.41) is 4.45. The molecule has 1 saturated heterocycles. The van der Waals surface area contributed by atoms with Crippen LogP contribution in [0, 0.1) is 5.92 Å². The van der Waals surface area contributed by atoms with E-state index in [1.54, 1.807) is 13.1 Å². The number of ether oxygens (including phenoxy) is 1. The van der Waals surface area contributed by atoms with E-state index in [2.05, 4.69) is 10.3 Å². The molecule has 6 nitrogen and oxygen atoms in total. The van der Waals surface area contributed by atoms with Gasteiger partial charge in [0.15, 0.2) is 0 Å². The van der Waals surface area contributed by atoms with Crippen LogP contribution in [0.4, 0.5) is 5.69 Å². The largest absolute Gasteiger partial charge is 0.462 e. The van der Waals surface area contributed by atoms with Crippen molar-refractivity contribution in [1.29, 1.82) is 0 Å². The number of benzene rings is 1. The number of fused-ring (bicyclic) bond motifs is 1. The van der Waals surface area contributed by atoms with Crippen LogP contribution in [0.15, 0.2) is 30.5 Å². The van der Waals surface area contributed by atoms with Gasteiger partial charge in [0.25, 0.3) is 0 Å². The van der Waals surface area contributed by atoms with Gasteiger partial charge in [-0.15, -0.1) is 0 Å². The molecule has 1 fully saturated rings. The molecule has 1 aliphatic rings. The molecular weight excluding hydrogens is 342 g/mol. The minimum absolute atomic E-state index is 0.0223. The number of carbonyl (C=O) groups is 2. The molecule has 0 spiro atoms. The van der Waals surface area contributed by atoms with Crippen LogP contribution in [0.2, 0.25) is 0 Å². The van der Waals surface area contributed by atoms with Crippen molar-refractivity contribution in [3.05, 3.63) is 36.0 Å². The van der Waals surface area contributed by atoms with E-state index in [-0.39, 0.29) is 23.8 Å². The molecule has 6 heteroatoms. The molecule has 1 N–H and O–H groups in total. The molecule has 27 heavy (non-hydrogen) atoms. The number of likely N-dealkylation sites (tertiary alicyclic amines) is 1. The van der Waals surface area contributed by atoms with Crippen molar-refractivity contribution in [2.75, 3.05) is 25.0 Å². The molecule has 144 valence electrons. The summed E-state index contributed by atoms with van der Waals surface area (Å²) >= 11 is 0. The Morgan fingerprint density at radius 3 is 2.63 bits per heavy atom. The number of carbonyl (C=O) groups excluding carboxylic acids is 2. The zero-order valence-electron chi connectivity index (χ0n) is 16.2. The Morgan fingerprint density at radius 2 is 1.96 bits per heavy atom. The van der Waals surface area contributed by atoms with Gasteiger partial charge in [0.05, 0.1) is 17.8 Å². The van der Waals surface area contributed by atoms with Gasteiger partial charge in [0.1, 0.15) is 5.56 Å². The Hall–Kier alpha value is -2.63. The average molecular weight is 369 g/mol. The number of esters is 1. The Morgan fingerprint density at radius 1 is 1.26 bits per heavy atom. The van der Waals surface area contributed by atoms with Crippen LogP contribution < -0.4 is 5.32 Å². The van der Waals surface area contributed by atoms with E-state index < -0.39 is 0 Å². The van der Waals surface area contributed by atoms with Crippen LogP contribution >= 0.6 is 0 Å². The molecule has 2 aromatic rings. The third-order valence-corrected chi connectivity index (χ3v) is 4.92. The maximum atomic E-state index is 12.4. The van der Waals surface area contributed by atoms with Crippen LogP contribution in [0.5, 0.6) is 0 Å². The number of amides is 1. The lowest BCUT2D eigenvalue weighted by molar-refractivity contribution is -0.135. The maximum absolute atomic E-state index is 12.4. The van der Waals surface area contributed by atoms with Crippen LogP contribution in [-0.2, 0) is 9.53 Å². The monoisotopic (exact) mass is 369 g/mol. The number of nitrogens with zero attached hydrogens (tertiary/aromatic N) is 2. The van der Waals surface area contributed by atoms with Crippen molar-refractivity contribution in [3.63, 3.8) is 0 Å². The standard InChI is InChI=1S/C21H27N3O3/c1-4-27-21(26)17-13-22-18-8-6-5-7-16(18)19(17)23-15-9-11-24(12-10-15)20(25)14(2)3/h5-8,13-15H,4,9-12H2,1-3H3,(H,22,23). The fraction of sp³-hybridized carbons (Fsp3) is 0.476. The highest BCUT2D eigenvalue weighted by Gasteiger charge is 2.26. The molecule has 1 aromatic carbocycles. The summed E-state index contributed by atoms with van der Waals surface area (Å²) in [6.45, 7) is 7.43. The summed E-state index contributed by atoms with van der Waals surface area (Å²) in [7, 11) is 0. The highest BCUT2D eigenvalue weighted by atomic mass is 16.5. The highest BCUT2D eigenvalue weighted by Crippen LogP contribution is 2.29. The second kappa shape index (κ2) is 8.37. The second-order valence-electron chi connectivity index (χ2n) is 7.18. The van der Waals surface area contributed by atoms with Crippen molar-refractivity contribution in [2.45, 2.75) is 39.7 Å². The Kier molecular flexibility index (Phi) is 5.94. The molecular formula is C21H27N3O3. The Labute approximate surface area is 159 Å². The molecule has 2 heterocycles. The van der Waals surface area contributed by atoms with Gasteiger partial charge in [0.2, 0.25) is 5.91 Å². The molecule has 0 atom stereocenters. The Balaban J connectivity index is 1.82. The molecule has 1 aliphatic heterocycles. The van der Waals surface area contributed by atoms with Gasteiger partial charge >= 0.3 is 5.97 Å². The normalized spacial score (nSPS) is 15.2. The second-order valence-corrected chi connectivity index (χ2v) is 7.18. The fourth-order valence-electron chi connectivity index (χ4n) is 3.47. The van der Waals surface area contributed by atoms with Gasteiger partial charge in [-0.3, -0.25) is 9.78 Å². The van der Waals surface area contributed by atoms with Crippen molar-refractivity contribution in [3.8, 4) is 0 Å². The van der Waals surface area contributed by atoms with E-state index in [1.165, 1.54) is 0 Å². The van der Waals surface area contributed by atoms with Gasteiger partial charge < -0.3 is 15.0 Å². The quantitative estimate of drug-likeness (QED) is 0.817. The van der Waals surface area contributed by atoms with Gasteiger partial charge in [-0.25, -0.2) is 4.79 Å². The minimum Gasteiger partial charge on any atom is -0.462 e. The summed E-state index contributed by atoms with van der Waals surface area (Å²) in [6, 6.07) is 7.96. The molecule has 1 amide bonds. The lowest BCUT2D eigenvalue weighted by Crippen LogP contribution is -2.44. The van der Waals surface area contributed by atoms with Crippen molar-refractivity contribution in [1.82, 2.24) is 9.88 Å². The topological polar surface area (TPSA) is 71.5 Å². The number of hydrogen-bond acceptors (Lipinski definition) is 5. The third-order valence-electron chi connectivity index (χ3n) is 4.92. The number of para-hydroxylation sites is 1. The van der Waals surface area contributed by atoms with Crippen molar-refractivity contribution in [2.24, 2.45) is 5.92 Å². The summed E-state index contributed by atoms with van der Waals surface area (Å²) < 4.78 is 5.21. The van der Waals surface area contributed by atoms with Crippen molar-refractivity contribution < 1.29 is 14.3 Å². The number of pyridine rings is 1. The summed E-state index contributed by atoms with van der Waals surface area (Å²) in [5.41, 5.74) is 2.06. The van der Waals surface area contributed by atoms with E-state index in [9.17, 15) is 9.59 Å². The number of rotatable bonds is 5. The van der Waals surface area contributed by atoms with Gasteiger partial charge in [-0.05, 0) is 25.8 Å². The minimum atomic E-state index is -0.370. The van der Waals surface area contributed by atoms with E-state index in [0.717, 1.165) is 42.5 Å². The molecule has 0 unspecified atom stereocenters. The van der Waals surface area contributed by atoms with Gasteiger partial charge in [-0.2, -0.15) is 0 Å². The smallest absolute Gasteiger partial charge is 0.341 e. The number of hydrogen-bond donors (Lipinski definition) is 1. The first-order valence-corrected chi connectivity index (χ1v) is 9.61. The highest BCUT2D eigenvalue weighted by molar-refractivity contribution is 6.04. The Bertz CT molecular complexity index is 827. The predicted molar refractivity (Wildman–Crippen MR) is 106 cm³/mol. The van der Waals surface area contributed by atoms with Crippen LogP contribution in [0.3, 0.4) is 0 Å². The lowest BCUT2D eigenvalue weighted by Gasteiger charge is -2.34. The lowest BCUT2D eigenvalue weighted by atomic mass is 10.0. The maximum Gasteiger partial charge on any atom is 0.341 e. The summed E-state index contributed by atoms with van der Waals surface area (Å²) in [6.07, 6.45) is 3.27. The molecule has 0 radical (unpaired) electrons. The van der Waals surface area contributed by atoms with E-state index in [0.29, 0.717) is 12.2 Å². The molecule has 0 aliphatic carbocycles. The first-order chi connectivity index (χ1) is 13.0. The molecule has 0 bridgehead atoms. The number of piperidine rings is 1. The number of nitrogens with one attached hydrogen (secondary N) is 1. The zero-order valence-corrected chi connectivity index (χ0v) is 16.2. The van der Waals surface area contributed by atoms with Crippen LogP contribution in [-0.4, -0.2) is 47.5 Å². The van der Waals surface area contributed by atoms with Crippen molar-refractivity contribution >= 4 is 28.5 Å². The fourth-order valence-corrected chi connectivity index (χ4v) is 3.47. The molecule has 0 saturated carbocycles. The van der Waals surface area contributed by atoms with E-state index in [4.69, 9.17) is 4.74 Å². The third kappa shape index (κ3) is 4.21. The predicted octanol–water partition coefficient (Wildman–Crippen LogP) is 3.47. The van der Waals surface area contributed by atoms with E-state index in [1.807, 2.05) is 43.0 Å². The van der Waals surface area contributed by atoms with E-state index >= 15 is 0 Å². The van der Waals surface area contributed by atoms with Crippen LogP contribution in [0.25, 0.3) is 10.9 Å². The average Bonchev–Trinajstić information content (AvgIpc) is 2.68.